The SMILES string of the molecule is O=C(C#CC#CC(=O)OCC(F)F)OCC(F)F. The summed E-state index contributed by atoms with van der Waals surface area (Å²) < 4.78 is 54.1. The van der Waals surface area contributed by atoms with E-state index in [1.165, 1.54) is 0 Å². The fourth-order valence-corrected chi connectivity index (χ4v) is 0.514. The van der Waals surface area contributed by atoms with Crippen molar-refractivity contribution in [2.75, 3.05) is 13.2 Å². The first-order chi connectivity index (χ1) is 8.41. The van der Waals surface area contributed by atoms with Gasteiger partial charge in [-0.3, -0.25) is 0 Å². The Hall–Kier alpha value is -2.22. The van der Waals surface area contributed by atoms with Crippen LogP contribution in [0.1, 0.15) is 0 Å². The maximum atomic E-state index is 11.6. The van der Waals surface area contributed by atoms with E-state index < -0.39 is 38.0 Å². The summed E-state index contributed by atoms with van der Waals surface area (Å²) in [7, 11) is 0. The molecule has 0 unspecified atom stereocenters. The molecule has 0 aliphatic carbocycles. The molecule has 0 saturated carbocycles. The van der Waals surface area contributed by atoms with Crippen LogP contribution in [0.3, 0.4) is 0 Å². The van der Waals surface area contributed by atoms with Gasteiger partial charge in [-0.05, 0) is 11.8 Å². The zero-order valence-corrected chi connectivity index (χ0v) is 8.71. The van der Waals surface area contributed by atoms with E-state index in [1.807, 2.05) is 11.8 Å². The second-order valence-electron chi connectivity index (χ2n) is 2.48. The molecular formula is C10H6F4O4. The topological polar surface area (TPSA) is 52.6 Å². The van der Waals surface area contributed by atoms with Crippen molar-refractivity contribution in [3.8, 4) is 23.7 Å². The third-order valence-corrected chi connectivity index (χ3v) is 1.07. The molecule has 18 heavy (non-hydrogen) atoms. The maximum Gasteiger partial charge on any atom is 0.385 e. The Morgan fingerprint density at radius 2 is 1.17 bits per heavy atom. The largest absolute Gasteiger partial charge is 0.450 e. The maximum absolute atomic E-state index is 11.6. The average Bonchev–Trinajstić information content (AvgIpc) is 2.29. The fraction of sp³-hybridized carbons (Fsp3) is 0.400. The second kappa shape index (κ2) is 8.88. The predicted molar refractivity (Wildman–Crippen MR) is 49.5 cm³/mol. The predicted octanol–water partition coefficient (Wildman–Crippen LogP) is 0.610. The summed E-state index contributed by atoms with van der Waals surface area (Å²) in [6.07, 6.45) is -5.63. The van der Waals surface area contributed by atoms with Crippen LogP contribution in [0.5, 0.6) is 0 Å². The minimum absolute atomic E-state index is 1.10. The molecule has 0 spiro atoms. The van der Waals surface area contributed by atoms with Gasteiger partial charge in [-0.15, -0.1) is 0 Å². The van der Waals surface area contributed by atoms with Gasteiger partial charge in [0, 0.05) is 11.8 Å². The van der Waals surface area contributed by atoms with Crippen LogP contribution < -0.4 is 0 Å². The normalized spacial score (nSPS) is 9.00. The fourth-order valence-electron chi connectivity index (χ4n) is 0.514. The first-order valence-electron chi connectivity index (χ1n) is 4.33. The summed E-state index contributed by atoms with van der Waals surface area (Å²) in [6, 6.07) is 0. The molecule has 0 N–H and O–H groups in total. The van der Waals surface area contributed by atoms with Gasteiger partial charge >= 0.3 is 11.9 Å². The van der Waals surface area contributed by atoms with Crippen molar-refractivity contribution in [2.45, 2.75) is 12.9 Å². The number of ether oxygens (including phenoxy) is 2. The van der Waals surface area contributed by atoms with Gasteiger partial charge in [-0.25, -0.2) is 27.2 Å². The van der Waals surface area contributed by atoms with Crippen molar-refractivity contribution in [1.82, 2.24) is 0 Å². The van der Waals surface area contributed by atoms with Crippen LogP contribution in [-0.2, 0) is 19.1 Å². The van der Waals surface area contributed by atoms with Crippen LogP contribution in [0.4, 0.5) is 17.6 Å². The molecule has 0 aromatic rings. The molecule has 0 aromatic heterocycles. The number of rotatable bonds is 4. The third-order valence-electron chi connectivity index (χ3n) is 1.07. The molecule has 0 radical (unpaired) electrons. The lowest BCUT2D eigenvalue weighted by atomic mass is 10.5. The number of halogens is 4. The smallest absolute Gasteiger partial charge is 0.385 e. The van der Waals surface area contributed by atoms with Crippen LogP contribution >= 0.6 is 0 Å². The van der Waals surface area contributed by atoms with E-state index in [-0.39, 0.29) is 0 Å². The summed E-state index contributed by atoms with van der Waals surface area (Å²) in [6.45, 7) is -2.20. The van der Waals surface area contributed by atoms with Gasteiger partial charge in [0.05, 0.1) is 0 Å². The van der Waals surface area contributed by atoms with Crippen LogP contribution in [0.2, 0.25) is 0 Å². The van der Waals surface area contributed by atoms with Crippen LogP contribution in [-0.4, -0.2) is 38.0 Å². The third kappa shape index (κ3) is 10.3. The molecule has 0 amide bonds. The van der Waals surface area contributed by atoms with E-state index in [4.69, 9.17) is 0 Å². The van der Waals surface area contributed by atoms with E-state index in [1.54, 1.807) is 11.8 Å². The molecule has 0 fully saturated rings. The van der Waals surface area contributed by atoms with Crippen molar-refractivity contribution in [2.24, 2.45) is 0 Å². The van der Waals surface area contributed by atoms with Gasteiger partial charge in [0.15, 0.2) is 13.2 Å². The summed E-state index contributed by atoms with van der Waals surface area (Å²) in [5.74, 6) is 4.50. The van der Waals surface area contributed by atoms with Crippen molar-refractivity contribution in [3.05, 3.63) is 0 Å². The van der Waals surface area contributed by atoms with Crippen LogP contribution in [0.15, 0.2) is 0 Å². The number of carbonyl (C=O) groups excluding carboxylic acids is 2. The highest BCUT2D eigenvalue weighted by molar-refractivity contribution is 5.91. The van der Waals surface area contributed by atoms with E-state index in [0.29, 0.717) is 0 Å². The minimum atomic E-state index is -2.81. The van der Waals surface area contributed by atoms with Gasteiger partial charge in [-0.2, -0.15) is 0 Å². The molecule has 8 heteroatoms. The van der Waals surface area contributed by atoms with Gasteiger partial charge in [0.2, 0.25) is 0 Å². The van der Waals surface area contributed by atoms with Crippen molar-refractivity contribution < 1.29 is 36.6 Å². The molecule has 0 aromatic carbocycles. The average molecular weight is 266 g/mol. The Labute approximate surface area is 99.2 Å². The summed E-state index contributed by atoms with van der Waals surface area (Å²) in [5, 5.41) is 0. The summed E-state index contributed by atoms with van der Waals surface area (Å²) in [4.78, 5) is 21.2. The van der Waals surface area contributed by atoms with E-state index in [0.717, 1.165) is 0 Å². The Kier molecular flexibility index (Phi) is 7.78. The number of hydrogen-bond acceptors (Lipinski definition) is 4. The standard InChI is InChI=1S/C10H6F4O4/c11-7(12)5-17-9(15)3-1-2-4-10(16)18-6-8(13)14/h7-8H,5-6H2. The lowest BCUT2D eigenvalue weighted by molar-refractivity contribution is -0.141. The number of esters is 2. The monoisotopic (exact) mass is 266 g/mol. The second-order valence-corrected chi connectivity index (χ2v) is 2.48. The molecule has 98 valence electrons. The lowest BCUT2D eigenvalue weighted by Gasteiger charge is -1.96. The minimum Gasteiger partial charge on any atom is -0.450 e. The zero-order valence-electron chi connectivity index (χ0n) is 8.71. The molecule has 0 bridgehead atoms. The molecule has 0 saturated heterocycles. The molecular weight excluding hydrogens is 260 g/mol. The van der Waals surface area contributed by atoms with E-state index in [9.17, 15) is 27.2 Å². The summed E-state index contributed by atoms with van der Waals surface area (Å²) in [5.41, 5.74) is 0. The van der Waals surface area contributed by atoms with Crippen molar-refractivity contribution in [1.29, 1.82) is 0 Å². The quantitative estimate of drug-likeness (QED) is 0.324. The first kappa shape index (κ1) is 15.8. The van der Waals surface area contributed by atoms with Gasteiger partial charge in [-0.1, -0.05) is 0 Å². The lowest BCUT2D eigenvalue weighted by Crippen LogP contribution is -2.09. The Balaban J connectivity index is 4.02. The highest BCUT2D eigenvalue weighted by Crippen LogP contribution is 1.92. The molecule has 0 aliphatic heterocycles. The Morgan fingerprint density at radius 1 is 0.833 bits per heavy atom. The van der Waals surface area contributed by atoms with E-state index in [2.05, 4.69) is 9.47 Å². The van der Waals surface area contributed by atoms with Crippen molar-refractivity contribution >= 4 is 11.9 Å². The highest BCUT2D eigenvalue weighted by Gasteiger charge is 2.06. The molecule has 0 atom stereocenters. The highest BCUT2D eigenvalue weighted by atomic mass is 19.3. The number of carbonyl (C=O) groups is 2. The van der Waals surface area contributed by atoms with Gasteiger partial charge in [0.25, 0.3) is 12.9 Å². The Bertz CT molecular complexity index is 371. The van der Waals surface area contributed by atoms with Gasteiger partial charge < -0.3 is 9.47 Å². The van der Waals surface area contributed by atoms with Crippen LogP contribution in [0, 0.1) is 23.7 Å². The van der Waals surface area contributed by atoms with Gasteiger partial charge in [0.1, 0.15) is 0 Å². The first-order valence-corrected chi connectivity index (χ1v) is 4.33. The molecule has 0 heterocycles. The van der Waals surface area contributed by atoms with Crippen LogP contribution in [0.25, 0.3) is 0 Å². The molecule has 0 rings (SSSR count). The zero-order chi connectivity index (χ0) is 14.0. The summed E-state index contributed by atoms with van der Waals surface area (Å²) >= 11 is 0. The number of hydrogen-bond donors (Lipinski definition) is 0. The van der Waals surface area contributed by atoms with E-state index >= 15 is 0 Å². The Morgan fingerprint density at radius 3 is 1.44 bits per heavy atom. The number of alkyl halides is 4. The molecule has 0 aliphatic rings. The molecule has 4 nitrogen and oxygen atoms in total. The van der Waals surface area contributed by atoms with Crippen molar-refractivity contribution in [3.63, 3.8) is 0 Å².